The molecule has 0 radical (unpaired) electrons. The normalized spacial score (nSPS) is 12.5. The van der Waals surface area contributed by atoms with E-state index in [-0.39, 0.29) is 18.6 Å². The molecule has 1 aromatic heterocycles. The van der Waals surface area contributed by atoms with Crippen LogP contribution in [0.25, 0.3) is 11.0 Å². The number of aryl methyl sites for hydroxylation is 2. The van der Waals surface area contributed by atoms with Crippen molar-refractivity contribution in [3.8, 4) is 0 Å². The first-order valence-corrected chi connectivity index (χ1v) is 8.81. The molecule has 0 aliphatic rings. The predicted octanol–water partition coefficient (Wildman–Crippen LogP) is 2.82. The molecule has 0 aliphatic carbocycles. The molecule has 5 heteroatoms. The quantitative estimate of drug-likeness (QED) is 0.823. The molecule has 0 saturated heterocycles. The maximum Gasteiger partial charge on any atom is 0.224 e. The fourth-order valence-electron chi connectivity index (χ4n) is 2.53. The molecule has 2 N–H and O–H groups in total. The van der Waals surface area contributed by atoms with Gasteiger partial charge in [0.25, 0.3) is 0 Å². The van der Waals surface area contributed by atoms with Crippen molar-refractivity contribution in [1.29, 1.82) is 0 Å². The Labute approximate surface area is 135 Å². The average Bonchev–Trinajstić information content (AvgIpc) is 2.87. The zero-order valence-electron chi connectivity index (χ0n) is 13.3. The highest BCUT2D eigenvalue weighted by atomic mass is 32.2. The maximum atomic E-state index is 12.2. The highest BCUT2D eigenvalue weighted by molar-refractivity contribution is 7.98. The molecular formula is C17H23NO3S. The molecule has 1 aromatic carbocycles. The second kappa shape index (κ2) is 7.70. The van der Waals surface area contributed by atoms with E-state index in [0.717, 1.165) is 27.8 Å². The lowest BCUT2D eigenvalue weighted by molar-refractivity contribution is -0.121. The fraction of sp³-hybridized carbons (Fsp3) is 0.471. The molecule has 0 fully saturated rings. The zero-order chi connectivity index (χ0) is 16.1. The van der Waals surface area contributed by atoms with Gasteiger partial charge < -0.3 is 14.8 Å². The van der Waals surface area contributed by atoms with Gasteiger partial charge in [-0.2, -0.15) is 11.8 Å². The molecule has 0 saturated carbocycles. The standard InChI is InChI=1S/C17H23NO3S/c1-11-4-5-15-13(9-21-17(15)12(11)2)8-16(20)18-14(6-7-19)10-22-3/h4-5,9,14,19H,6-8,10H2,1-3H3,(H,18,20). The van der Waals surface area contributed by atoms with Gasteiger partial charge in [-0.05, 0) is 37.7 Å². The summed E-state index contributed by atoms with van der Waals surface area (Å²) < 4.78 is 5.64. The van der Waals surface area contributed by atoms with Gasteiger partial charge in [0.1, 0.15) is 5.58 Å². The Morgan fingerprint density at radius 2 is 2.18 bits per heavy atom. The summed E-state index contributed by atoms with van der Waals surface area (Å²) in [7, 11) is 0. The summed E-state index contributed by atoms with van der Waals surface area (Å²) in [4.78, 5) is 12.2. The summed E-state index contributed by atoms with van der Waals surface area (Å²) in [6.45, 7) is 4.16. The maximum absolute atomic E-state index is 12.2. The summed E-state index contributed by atoms with van der Waals surface area (Å²) >= 11 is 1.66. The van der Waals surface area contributed by atoms with Crippen LogP contribution in [0.1, 0.15) is 23.1 Å². The molecule has 1 amide bonds. The number of carbonyl (C=O) groups excluding carboxylic acids is 1. The highest BCUT2D eigenvalue weighted by Gasteiger charge is 2.15. The molecule has 22 heavy (non-hydrogen) atoms. The van der Waals surface area contributed by atoms with Crippen molar-refractivity contribution >= 4 is 28.6 Å². The first-order chi connectivity index (χ1) is 10.6. The summed E-state index contributed by atoms with van der Waals surface area (Å²) in [5.41, 5.74) is 4.06. The third kappa shape index (κ3) is 3.84. The van der Waals surface area contributed by atoms with Gasteiger partial charge in [0.05, 0.1) is 12.7 Å². The number of benzene rings is 1. The van der Waals surface area contributed by atoms with Crippen LogP contribution >= 0.6 is 11.8 Å². The number of amides is 1. The van der Waals surface area contributed by atoms with Gasteiger partial charge in [-0.25, -0.2) is 0 Å². The largest absolute Gasteiger partial charge is 0.464 e. The first kappa shape index (κ1) is 16.9. The highest BCUT2D eigenvalue weighted by Crippen LogP contribution is 2.26. The SMILES string of the molecule is CSCC(CCO)NC(=O)Cc1coc2c(C)c(C)ccc12. The Morgan fingerprint density at radius 1 is 1.41 bits per heavy atom. The first-order valence-electron chi connectivity index (χ1n) is 7.42. The van der Waals surface area contributed by atoms with E-state index in [0.29, 0.717) is 12.8 Å². The third-order valence-electron chi connectivity index (χ3n) is 3.90. The molecule has 4 nitrogen and oxygen atoms in total. The Balaban J connectivity index is 2.10. The lowest BCUT2D eigenvalue weighted by atomic mass is 10.0. The monoisotopic (exact) mass is 321 g/mol. The van der Waals surface area contributed by atoms with E-state index in [1.165, 1.54) is 5.56 Å². The third-order valence-corrected chi connectivity index (χ3v) is 4.64. The molecule has 1 heterocycles. The number of rotatable bonds is 7. The minimum Gasteiger partial charge on any atom is -0.464 e. The number of hydrogen-bond donors (Lipinski definition) is 2. The van der Waals surface area contributed by atoms with Crippen LogP contribution in [-0.2, 0) is 11.2 Å². The van der Waals surface area contributed by atoms with Gasteiger partial charge in [-0.3, -0.25) is 4.79 Å². The molecular weight excluding hydrogens is 298 g/mol. The van der Waals surface area contributed by atoms with E-state index >= 15 is 0 Å². The Bertz CT molecular complexity index is 645. The molecule has 2 rings (SSSR count). The van der Waals surface area contributed by atoms with Crippen molar-refractivity contribution in [2.24, 2.45) is 0 Å². The molecule has 2 aromatic rings. The molecule has 120 valence electrons. The lowest BCUT2D eigenvalue weighted by Gasteiger charge is -2.16. The average molecular weight is 321 g/mol. The summed E-state index contributed by atoms with van der Waals surface area (Å²) in [5, 5.41) is 13.0. The van der Waals surface area contributed by atoms with Crippen molar-refractivity contribution in [2.45, 2.75) is 32.7 Å². The van der Waals surface area contributed by atoms with Crippen LogP contribution in [0.15, 0.2) is 22.8 Å². The van der Waals surface area contributed by atoms with Crippen molar-refractivity contribution in [3.05, 3.63) is 35.1 Å². The molecule has 0 aliphatic heterocycles. The molecule has 1 unspecified atom stereocenters. The minimum absolute atomic E-state index is 0.00893. The number of fused-ring (bicyclic) bond motifs is 1. The van der Waals surface area contributed by atoms with E-state index in [2.05, 4.69) is 11.4 Å². The van der Waals surface area contributed by atoms with Crippen LogP contribution in [0.5, 0.6) is 0 Å². The molecule has 1 atom stereocenters. The Hall–Kier alpha value is -1.46. The van der Waals surface area contributed by atoms with Gasteiger partial charge >= 0.3 is 0 Å². The number of aliphatic hydroxyl groups is 1. The number of aliphatic hydroxyl groups excluding tert-OH is 1. The van der Waals surface area contributed by atoms with Gasteiger partial charge in [-0.1, -0.05) is 12.1 Å². The van der Waals surface area contributed by atoms with Gasteiger partial charge in [0, 0.05) is 29.4 Å². The number of furan rings is 1. The lowest BCUT2D eigenvalue weighted by Crippen LogP contribution is -2.38. The van der Waals surface area contributed by atoms with Crippen LogP contribution in [-0.4, -0.2) is 35.7 Å². The van der Waals surface area contributed by atoms with Crippen molar-refractivity contribution in [2.75, 3.05) is 18.6 Å². The van der Waals surface area contributed by atoms with Crippen LogP contribution in [0.2, 0.25) is 0 Å². The summed E-state index contributed by atoms with van der Waals surface area (Å²) in [6, 6.07) is 4.07. The predicted molar refractivity (Wildman–Crippen MR) is 91.4 cm³/mol. The second-order valence-corrected chi connectivity index (χ2v) is 6.46. The van der Waals surface area contributed by atoms with E-state index in [4.69, 9.17) is 9.52 Å². The van der Waals surface area contributed by atoms with Gasteiger partial charge in [0.2, 0.25) is 5.91 Å². The van der Waals surface area contributed by atoms with Crippen LogP contribution in [0.3, 0.4) is 0 Å². The zero-order valence-corrected chi connectivity index (χ0v) is 14.1. The Morgan fingerprint density at radius 3 is 2.86 bits per heavy atom. The van der Waals surface area contributed by atoms with Gasteiger partial charge in [-0.15, -0.1) is 0 Å². The number of nitrogens with one attached hydrogen (secondary N) is 1. The number of hydrogen-bond acceptors (Lipinski definition) is 4. The van der Waals surface area contributed by atoms with E-state index < -0.39 is 0 Å². The second-order valence-electron chi connectivity index (χ2n) is 5.55. The van der Waals surface area contributed by atoms with Crippen molar-refractivity contribution in [3.63, 3.8) is 0 Å². The summed E-state index contributed by atoms with van der Waals surface area (Å²) in [6.07, 6.45) is 4.54. The van der Waals surface area contributed by atoms with Crippen molar-refractivity contribution < 1.29 is 14.3 Å². The molecule has 0 spiro atoms. The minimum atomic E-state index is -0.0339. The van der Waals surface area contributed by atoms with Crippen LogP contribution < -0.4 is 5.32 Å². The van der Waals surface area contributed by atoms with Crippen LogP contribution in [0, 0.1) is 13.8 Å². The number of carbonyl (C=O) groups is 1. The topological polar surface area (TPSA) is 62.5 Å². The van der Waals surface area contributed by atoms with Crippen molar-refractivity contribution in [1.82, 2.24) is 5.32 Å². The number of thioether (sulfide) groups is 1. The van der Waals surface area contributed by atoms with Crippen LogP contribution in [0.4, 0.5) is 0 Å². The van der Waals surface area contributed by atoms with E-state index in [1.807, 2.05) is 26.2 Å². The Kier molecular flexibility index (Phi) is 5.91. The fourth-order valence-corrected chi connectivity index (χ4v) is 3.18. The smallest absolute Gasteiger partial charge is 0.224 e. The molecule has 0 bridgehead atoms. The van der Waals surface area contributed by atoms with E-state index in [1.54, 1.807) is 18.0 Å². The summed E-state index contributed by atoms with van der Waals surface area (Å²) in [5.74, 6) is 0.768. The van der Waals surface area contributed by atoms with E-state index in [9.17, 15) is 4.79 Å². The van der Waals surface area contributed by atoms with Gasteiger partial charge in [0.15, 0.2) is 0 Å².